The van der Waals surface area contributed by atoms with Crippen LogP contribution >= 0.6 is 0 Å². The van der Waals surface area contributed by atoms with Crippen LogP contribution in [-0.2, 0) is 0 Å². The van der Waals surface area contributed by atoms with Crippen LogP contribution in [0.15, 0.2) is 42.5 Å². The van der Waals surface area contributed by atoms with E-state index < -0.39 is 0 Å². The summed E-state index contributed by atoms with van der Waals surface area (Å²) in [6, 6.07) is 13.7. The van der Waals surface area contributed by atoms with Crippen molar-refractivity contribution >= 4 is 5.69 Å². The molecule has 3 nitrogen and oxygen atoms in total. The zero-order valence-corrected chi connectivity index (χ0v) is 12.1. The minimum absolute atomic E-state index is 0.637. The summed E-state index contributed by atoms with van der Waals surface area (Å²) in [5, 5.41) is 0. The van der Waals surface area contributed by atoms with Gasteiger partial charge in [0.25, 0.3) is 0 Å². The van der Waals surface area contributed by atoms with Crippen LogP contribution in [0.4, 0.5) is 5.69 Å². The highest BCUT2D eigenvalue weighted by Crippen LogP contribution is 2.25. The summed E-state index contributed by atoms with van der Waals surface area (Å²) < 4.78 is 11.4. The number of nitrogens with two attached hydrogens (primary N) is 1. The van der Waals surface area contributed by atoms with Gasteiger partial charge in [0.1, 0.15) is 11.5 Å². The van der Waals surface area contributed by atoms with Gasteiger partial charge in [0, 0.05) is 12.1 Å². The fourth-order valence-electron chi connectivity index (χ4n) is 2.15. The summed E-state index contributed by atoms with van der Waals surface area (Å²) in [5.74, 6) is 1.83. The van der Waals surface area contributed by atoms with Crippen molar-refractivity contribution in [2.45, 2.75) is 20.3 Å². The zero-order chi connectivity index (χ0) is 14.4. The van der Waals surface area contributed by atoms with Crippen molar-refractivity contribution in [1.29, 1.82) is 0 Å². The molecule has 2 aromatic carbocycles. The zero-order valence-electron chi connectivity index (χ0n) is 12.1. The standard InChI is InChI=1S/C17H21NO2/c1-13-11-15(18)12-14(2)17(13)20-10-6-9-19-16-7-4-3-5-8-16/h3-5,7-8,11-12H,6,9-10,18H2,1-2H3. The molecule has 2 N–H and O–H groups in total. The van der Waals surface area contributed by atoms with E-state index in [9.17, 15) is 0 Å². The van der Waals surface area contributed by atoms with Gasteiger partial charge in [-0.15, -0.1) is 0 Å². The van der Waals surface area contributed by atoms with E-state index >= 15 is 0 Å². The van der Waals surface area contributed by atoms with Crippen LogP contribution in [-0.4, -0.2) is 13.2 Å². The Balaban J connectivity index is 1.76. The topological polar surface area (TPSA) is 44.5 Å². The Morgan fingerprint density at radius 2 is 1.50 bits per heavy atom. The molecule has 0 aromatic heterocycles. The number of benzene rings is 2. The summed E-state index contributed by atoms with van der Waals surface area (Å²) in [4.78, 5) is 0. The molecule has 0 radical (unpaired) electrons. The Kier molecular flexibility index (Phi) is 4.88. The summed E-state index contributed by atoms with van der Waals surface area (Å²) in [7, 11) is 0. The molecule has 0 unspecified atom stereocenters. The predicted octanol–water partition coefficient (Wildman–Crippen LogP) is 3.73. The van der Waals surface area contributed by atoms with E-state index in [0.717, 1.165) is 34.7 Å². The van der Waals surface area contributed by atoms with Crippen molar-refractivity contribution in [3.05, 3.63) is 53.6 Å². The molecule has 0 spiro atoms. The van der Waals surface area contributed by atoms with Crippen LogP contribution in [0.25, 0.3) is 0 Å². The SMILES string of the molecule is Cc1cc(N)cc(C)c1OCCCOc1ccccc1. The molecule has 0 aliphatic heterocycles. The van der Waals surface area contributed by atoms with E-state index in [1.54, 1.807) is 0 Å². The second kappa shape index (κ2) is 6.85. The Morgan fingerprint density at radius 1 is 0.900 bits per heavy atom. The fourth-order valence-corrected chi connectivity index (χ4v) is 2.15. The van der Waals surface area contributed by atoms with Crippen LogP contribution in [0, 0.1) is 13.8 Å². The van der Waals surface area contributed by atoms with Crippen LogP contribution in [0.5, 0.6) is 11.5 Å². The molecule has 20 heavy (non-hydrogen) atoms. The van der Waals surface area contributed by atoms with Gasteiger partial charge >= 0.3 is 0 Å². The lowest BCUT2D eigenvalue weighted by molar-refractivity contribution is 0.246. The number of aryl methyl sites for hydroxylation is 2. The Labute approximate surface area is 120 Å². The lowest BCUT2D eigenvalue weighted by Gasteiger charge is -2.13. The van der Waals surface area contributed by atoms with Crippen molar-refractivity contribution < 1.29 is 9.47 Å². The van der Waals surface area contributed by atoms with E-state index in [1.165, 1.54) is 0 Å². The maximum atomic E-state index is 5.82. The average Bonchev–Trinajstić information content (AvgIpc) is 2.42. The third-order valence-electron chi connectivity index (χ3n) is 3.03. The molecule has 2 aromatic rings. The predicted molar refractivity (Wildman–Crippen MR) is 82.4 cm³/mol. The molecule has 3 heteroatoms. The molecule has 0 atom stereocenters. The van der Waals surface area contributed by atoms with Gasteiger partial charge in [-0.25, -0.2) is 0 Å². The van der Waals surface area contributed by atoms with Gasteiger partial charge in [0.15, 0.2) is 0 Å². The number of anilines is 1. The van der Waals surface area contributed by atoms with Crippen molar-refractivity contribution in [1.82, 2.24) is 0 Å². The number of para-hydroxylation sites is 1. The lowest BCUT2D eigenvalue weighted by atomic mass is 10.1. The summed E-state index contributed by atoms with van der Waals surface area (Å²) in [5.41, 5.74) is 8.72. The Bertz CT molecular complexity index is 529. The van der Waals surface area contributed by atoms with Gasteiger partial charge in [0.2, 0.25) is 0 Å². The number of hydrogen-bond donors (Lipinski definition) is 1. The van der Waals surface area contributed by atoms with Gasteiger partial charge in [-0.05, 0) is 49.2 Å². The first kappa shape index (κ1) is 14.3. The number of rotatable bonds is 6. The molecule has 0 heterocycles. The summed E-state index contributed by atoms with van der Waals surface area (Å²) in [6.07, 6.45) is 0.845. The smallest absolute Gasteiger partial charge is 0.125 e. The number of ether oxygens (including phenoxy) is 2. The molecule has 0 aliphatic rings. The summed E-state index contributed by atoms with van der Waals surface area (Å²) in [6.45, 7) is 5.31. The monoisotopic (exact) mass is 271 g/mol. The highest BCUT2D eigenvalue weighted by Gasteiger charge is 2.05. The minimum atomic E-state index is 0.637. The van der Waals surface area contributed by atoms with Crippen molar-refractivity contribution in [3.63, 3.8) is 0 Å². The maximum Gasteiger partial charge on any atom is 0.125 e. The second-order valence-electron chi connectivity index (χ2n) is 4.85. The van der Waals surface area contributed by atoms with Crippen LogP contribution < -0.4 is 15.2 Å². The van der Waals surface area contributed by atoms with Crippen LogP contribution in [0.1, 0.15) is 17.5 Å². The molecule has 0 amide bonds. The molecule has 0 saturated carbocycles. The van der Waals surface area contributed by atoms with E-state index in [1.807, 2.05) is 56.3 Å². The van der Waals surface area contributed by atoms with Crippen LogP contribution in [0.2, 0.25) is 0 Å². The molecule has 0 bridgehead atoms. The van der Waals surface area contributed by atoms with Crippen molar-refractivity contribution in [2.24, 2.45) is 0 Å². The maximum absolute atomic E-state index is 5.82. The van der Waals surface area contributed by atoms with Crippen molar-refractivity contribution in [2.75, 3.05) is 18.9 Å². The largest absolute Gasteiger partial charge is 0.493 e. The molecule has 0 saturated heterocycles. The number of hydrogen-bond acceptors (Lipinski definition) is 3. The van der Waals surface area contributed by atoms with Gasteiger partial charge < -0.3 is 15.2 Å². The lowest BCUT2D eigenvalue weighted by Crippen LogP contribution is -2.06. The third-order valence-corrected chi connectivity index (χ3v) is 3.03. The highest BCUT2D eigenvalue weighted by atomic mass is 16.5. The van der Waals surface area contributed by atoms with Gasteiger partial charge in [0.05, 0.1) is 13.2 Å². The number of nitrogen functional groups attached to an aromatic ring is 1. The first-order valence-electron chi connectivity index (χ1n) is 6.84. The Morgan fingerprint density at radius 3 is 2.15 bits per heavy atom. The molecular formula is C17H21NO2. The normalized spacial score (nSPS) is 10.3. The van der Waals surface area contributed by atoms with Gasteiger partial charge in [-0.2, -0.15) is 0 Å². The highest BCUT2D eigenvalue weighted by molar-refractivity contribution is 5.52. The molecule has 0 fully saturated rings. The van der Waals surface area contributed by atoms with E-state index in [2.05, 4.69) is 0 Å². The third kappa shape index (κ3) is 3.92. The first-order chi connectivity index (χ1) is 9.66. The quantitative estimate of drug-likeness (QED) is 0.643. The minimum Gasteiger partial charge on any atom is -0.493 e. The van der Waals surface area contributed by atoms with Crippen molar-refractivity contribution in [3.8, 4) is 11.5 Å². The Hall–Kier alpha value is -2.16. The fraction of sp³-hybridized carbons (Fsp3) is 0.294. The van der Waals surface area contributed by atoms with Gasteiger partial charge in [-0.1, -0.05) is 18.2 Å². The molecule has 2 rings (SSSR count). The van der Waals surface area contributed by atoms with Crippen LogP contribution in [0.3, 0.4) is 0 Å². The molecule has 0 aliphatic carbocycles. The van der Waals surface area contributed by atoms with E-state index in [4.69, 9.17) is 15.2 Å². The molecular weight excluding hydrogens is 250 g/mol. The summed E-state index contributed by atoms with van der Waals surface area (Å²) >= 11 is 0. The second-order valence-corrected chi connectivity index (χ2v) is 4.85. The van der Waals surface area contributed by atoms with Gasteiger partial charge in [-0.3, -0.25) is 0 Å². The molecule has 106 valence electrons. The van der Waals surface area contributed by atoms with E-state index in [0.29, 0.717) is 13.2 Å². The van der Waals surface area contributed by atoms with E-state index in [-0.39, 0.29) is 0 Å². The average molecular weight is 271 g/mol. The first-order valence-corrected chi connectivity index (χ1v) is 6.84.